The second-order valence-electron chi connectivity index (χ2n) is 4.35. The van der Waals surface area contributed by atoms with Crippen molar-refractivity contribution in [3.63, 3.8) is 0 Å². The van der Waals surface area contributed by atoms with Gasteiger partial charge in [0.05, 0.1) is 17.6 Å². The summed E-state index contributed by atoms with van der Waals surface area (Å²) < 4.78 is 5.34. The van der Waals surface area contributed by atoms with Gasteiger partial charge in [0.15, 0.2) is 0 Å². The molecule has 1 aromatic rings. The molecule has 6 heteroatoms. The quantitative estimate of drug-likeness (QED) is 0.585. The highest BCUT2D eigenvalue weighted by atomic mass is 32.2. The van der Waals surface area contributed by atoms with Crippen molar-refractivity contribution in [3.05, 3.63) is 28.3 Å². The standard InChI is InChI=1S/C13H20N2O3S/c1-4-18-13-6-11(5-12(7-13)15(16)17)14-8-10(2)9-19-3/h5-7,10,14H,4,8-9H2,1-3H3. The van der Waals surface area contributed by atoms with Crippen LogP contribution in [0.2, 0.25) is 0 Å². The van der Waals surface area contributed by atoms with E-state index in [1.165, 1.54) is 12.1 Å². The van der Waals surface area contributed by atoms with Crippen LogP contribution in [0.5, 0.6) is 5.75 Å². The minimum absolute atomic E-state index is 0.0472. The van der Waals surface area contributed by atoms with Gasteiger partial charge in [-0.05, 0) is 24.9 Å². The summed E-state index contributed by atoms with van der Waals surface area (Å²) in [5.74, 6) is 2.08. The van der Waals surface area contributed by atoms with Gasteiger partial charge < -0.3 is 10.1 Å². The molecule has 0 heterocycles. The topological polar surface area (TPSA) is 64.4 Å². The van der Waals surface area contributed by atoms with Gasteiger partial charge in [0, 0.05) is 24.4 Å². The van der Waals surface area contributed by atoms with Crippen molar-refractivity contribution in [2.45, 2.75) is 13.8 Å². The number of non-ortho nitro benzene ring substituents is 1. The number of thioether (sulfide) groups is 1. The molecule has 1 aromatic carbocycles. The molecule has 0 bridgehead atoms. The second kappa shape index (κ2) is 7.89. The number of nitrogens with one attached hydrogen (secondary N) is 1. The summed E-state index contributed by atoms with van der Waals surface area (Å²) in [6.07, 6.45) is 2.07. The first-order chi connectivity index (χ1) is 9.06. The number of hydrogen-bond acceptors (Lipinski definition) is 5. The monoisotopic (exact) mass is 284 g/mol. The summed E-state index contributed by atoms with van der Waals surface area (Å²) in [6.45, 7) is 5.27. The maximum Gasteiger partial charge on any atom is 0.275 e. The summed E-state index contributed by atoms with van der Waals surface area (Å²) in [6, 6.07) is 4.77. The number of anilines is 1. The van der Waals surface area contributed by atoms with E-state index in [2.05, 4.69) is 18.5 Å². The molecule has 0 aliphatic carbocycles. The summed E-state index contributed by atoms with van der Waals surface area (Å²) >= 11 is 1.79. The Bertz CT molecular complexity index is 426. The van der Waals surface area contributed by atoms with Gasteiger partial charge in [-0.1, -0.05) is 6.92 Å². The van der Waals surface area contributed by atoms with Crippen LogP contribution in [0.3, 0.4) is 0 Å². The Labute approximate surface area is 117 Å². The third-order valence-electron chi connectivity index (χ3n) is 2.52. The van der Waals surface area contributed by atoms with Gasteiger partial charge in [-0.15, -0.1) is 0 Å². The summed E-state index contributed by atoms with van der Waals surface area (Å²) in [7, 11) is 0. The largest absolute Gasteiger partial charge is 0.494 e. The van der Waals surface area contributed by atoms with Crippen molar-refractivity contribution in [2.24, 2.45) is 5.92 Å². The molecule has 0 spiro atoms. The average Bonchev–Trinajstić information content (AvgIpc) is 2.37. The molecule has 1 unspecified atom stereocenters. The zero-order valence-electron chi connectivity index (χ0n) is 11.5. The van der Waals surface area contributed by atoms with Gasteiger partial charge >= 0.3 is 0 Å². The van der Waals surface area contributed by atoms with Crippen molar-refractivity contribution in [3.8, 4) is 5.75 Å². The lowest BCUT2D eigenvalue weighted by molar-refractivity contribution is -0.384. The highest BCUT2D eigenvalue weighted by molar-refractivity contribution is 7.98. The fourth-order valence-corrected chi connectivity index (χ4v) is 2.36. The van der Waals surface area contributed by atoms with E-state index >= 15 is 0 Å². The fourth-order valence-electron chi connectivity index (χ4n) is 1.68. The molecular formula is C13H20N2O3S. The SMILES string of the molecule is CCOc1cc(NCC(C)CSC)cc([N+](=O)[O-])c1. The van der Waals surface area contributed by atoms with Crippen LogP contribution in [0.1, 0.15) is 13.8 Å². The van der Waals surface area contributed by atoms with Gasteiger partial charge in [0.25, 0.3) is 5.69 Å². The molecule has 0 amide bonds. The number of hydrogen-bond donors (Lipinski definition) is 1. The number of benzene rings is 1. The smallest absolute Gasteiger partial charge is 0.275 e. The minimum atomic E-state index is -0.404. The average molecular weight is 284 g/mol. The number of nitro groups is 1. The Morgan fingerprint density at radius 3 is 2.79 bits per heavy atom. The van der Waals surface area contributed by atoms with E-state index in [0.717, 1.165) is 18.0 Å². The molecule has 0 fully saturated rings. The highest BCUT2D eigenvalue weighted by Crippen LogP contribution is 2.26. The van der Waals surface area contributed by atoms with Crippen LogP contribution >= 0.6 is 11.8 Å². The third-order valence-corrected chi connectivity index (χ3v) is 3.42. The van der Waals surface area contributed by atoms with Crippen molar-refractivity contribution in [1.82, 2.24) is 0 Å². The molecule has 0 aliphatic rings. The predicted molar refractivity (Wildman–Crippen MR) is 80.3 cm³/mol. The van der Waals surface area contributed by atoms with E-state index < -0.39 is 4.92 Å². The van der Waals surface area contributed by atoms with E-state index in [1.54, 1.807) is 17.8 Å². The van der Waals surface area contributed by atoms with Crippen LogP contribution in [-0.2, 0) is 0 Å². The second-order valence-corrected chi connectivity index (χ2v) is 5.26. The lowest BCUT2D eigenvalue weighted by Crippen LogP contribution is -2.13. The van der Waals surface area contributed by atoms with E-state index in [-0.39, 0.29) is 5.69 Å². The normalized spacial score (nSPS) is 11.9. The molecule has 1 rings (SSSR count). The molecule has 19 heavy (non-hydrogen) atoms. The number of ether oxygens (including phenoxy) is 1. The molecule has 1 atom stereocenters. The predicted octanol–water partition coefficient (Wildman–Crippen LogP) is 3.40. The van der Waals surface area contributed by atoms with Gasteiger partial charge in [-0.3, -0.25) is 10.1 Å². The van der Waals surface area contributed by atoms with Gasteiger partial charge in [-0.25, -0.2) is 0 Å². The van der Waals surface area contributed by atoms with Crippen molar-refractivity contribution < 1.29 is 9.66 Å². The molecule has 0 saturated carbocycles. The molecular weight excluding hydrogens is 264 g/mol. The summed E-state index contributed by atoms with van der Waals surface area (Å²) in [5, 5.41) is 14.1. The first-order valence-electron chi connectivity index (χ1n) is 6.22. The van der Waals surface area contributed by atoms with E-state index in [9.17, 15) is 10.1 Å². The number of nitrogens with zero attached hydrogens (tertiary/aromatic N) is 1. The van der Waals surface area contributed by atoms with Crippen LogP contribution in [0, 0.1) is 16.0 Å². The minimum Gasteiger partial charge on any atom is -0.494 e. The molecule has 5 nitrogen and oxygen atoms in total. The van der Waals surface area contributed by atoms with Crippen molar-refractivity contribution >= 4 is 23.1 Å². The first kappa shape index (κ1) is 15.6. The molecule has 0 aromatic heterocycles. The van der Waals surface area contributed by atoms with E-state index in [0.29, 0.717) is 18.3 Å². The maximum absolute atomic E-state index is 10.9. The molecule has 0 saturated heterocycles. The number of rotatable bonds is 8. The summed E-state index contributed by atoms with van der Waals surface area (Å²) in [4.78, 5) is 10.5. The zero-order chi connectivity index (χ0) is 14.3. The Kier molecular flexibility index (Phi) is 6.49. The summed E-state index contributed by atoms with van der Waals surface area (Å²) in [5.41, 5.74) is 0.775. The van der Waals surface area contributed by atoms with Crippen LogP contribution < -0.4 is 10.1 Å². The highest BCUT2D eigenvalue weighted by Gasteiger charge is 2.11. The third kappa shape index (κ3) is 5.38. The molecule has 0 aliphatic heterocycles. The Balaban J connectivity index is 2.78. The Hall–Kier alpha value is -1.43. The van der Waals surface area contributed by atoms with Crippen LogP contribution in [0.15, 0.2) is 18.2 Å². The van der Waals surface area contributed by atoms with E-state index in [4.69, 9.17) is 4.74 Å². The van der Waals surface area contributed by atoms with Gasteiger partial charge in [0.1, 0.15) is 5.75 Å². The molecule has 106 valence electrons. The van der Waals surface area contributed by atoms with Crippen molar-refractivity contribution in [2.75, 3.05) is 30.5 Å². The number of nitro benzene ring substituents is 1. The maximum atomic E-state index is 10.9. The van der Waals surface area contributed by atoms with Crippen LogP contribution in [0.4, 0.5) is 11.4 Å². The fraction of sp³-hybridized carbons (Fsp3) is 0.538. The van der Waals surface area contributed by atoms with Gasteiger partial charge in [0.2, 0.25) is 0 Å². The lowest BCUT2D eigenvalue weighted by atomic mass is 10.2. The Morgan fingerprint density at radius 1 is 1.47 bits per heavy atom. The van der Waals surface area contributed by atoms with Crippen molar-refractivity contribution in [1.29, 1.82) is 0 Å². The molecule has 0 radical (unpaired) electrons. The van der Waals surface area contributed by atoms with Gasteiger partial charge in [-0.2, -0.15) is 11.8 Å². The lowest BCUT2D eigenvalue weighted by Gasteiger charge is -2.13. The zero-order valence-corrected chi connectivity index (χ0v) is 12.3. The Morgan fingerprint density at radius 2 is 2.21 bits per heavy atom. The van der Waals surface area contributed by atoms with E-state index in [1.807, 2.05) is 6.92 Å². The first-order valence-corrected chi connectivity index (χ1v) is 7.61. The van der Waals surface area contributed by atoms with Crippen LogP contribution in [0.25, 0.3) is 0 Å². The van der Waals surface area contributed by atoms with Crippen LogP contribution in [-0.4, -0.2) is 30.1 Å². The molecule has 1 N–H and O–H groups in total.